The molecule has 2 unspecified atom stereocenters. The summed E-state index contributed by atoms with van der Waals surface area (Å²) in [5, 5.41) is 7.08. The predicted octanol–water partition coefficient (Wildman–Crippen LogP) is 8.07. The Morgan fingerprint density at radius 2 is 1.38 bits per heavy atom. The van der Waals surface area contributed by atoms with Gasteiger partial charge in [-0.15, -0.1) is 0 Å². The topological polar surface area (TPSA) is 91.8 Å². The number of pyridine rings is 1. The van der Waals surface area contributed by atoms with Crippen LogP contribution in [-0.4, -0.2) is 34.5 Å². The van der Waals surface area contributed by atoms with E-state index in [2.05, 4.69) is 20.9 Å². The first kappa shape index (κ1) is 30.1. The summed E-state index contributed by atoms with van der Waals surface area (Å²) < 4.78 is 6.24. The number of fused-ring (bicyclic) bond motifs is 1. The van der Waals surface area contributed by atoms with Crippen molar-refractivity contribution >= 4 is 44.2 Å². The molecule has 0 saturated heterocycles. The van der Waals surface area contributed by atoms with Crippen molar-refractivity contribution in [1.29, 1.82) is 0 Å². The van der Waals surface area contributed by atoms with Gasteiger partial charge in [0.25, 0.3) is 11.5 Å². The number of ketones is 1. The molecule has 0 spiro atoms. The van der Waals surface area contributed by atoms with E-state index in [0.717, 1.165) is 15.4 Å². The molecule has 230 valence electrons. The van der Waals surface area contributed by atoms with Crippen LogP contribution >= 0.6 is 15.9 Å². The maximum absolute atomic E-state index is 14.8. The number of hydrogen-bond acceptors (Lipinski definition) is 5. The fourth-order valence-corrected chi connectivity index (χ4v) is 6.58. The van der Waals surface area contributed by atoms with Crippen LogP contribution in [0, 0.1) is 5.92 Å². The minimum atomic E-state index is -1.02. The lowest BCUT2D eigenvalue weighted by Gasteiger charge is -2.27. The molecule has 0 saturated carbocycles. The number of benzene rings is 5. The van der Waals surface area contributed by atoms with Crippen molar-refractivity contribution in [2.24, 2.45) is 11.0 Å². The Morgan fingerprint density at radius 3 is 2.02 bits per heavy atom. The molecule has 0 bridgehead atoms. The van der Waals surface area contributed by atoms with Crippen LogP contribution in [0.1, 0.15) is 37.9 Å². The summed E-state index contributed by atoms with van der Waals surface area (Å²) in [6.45, 7) is 0. The van der Waals surface area contributed by atoms with Gasteiger partial charge >= 0.3 is 0 Å². The number of aromatic amines is 1. The van der Waals surface area contributed by atoms with Gasteiger partial charge in [-0.3, -0.25) is 14.4 Å². The number of aromatic nitrogens is 1. The minimum Gasteiger partial charge on any atom is -0.497 e. The van der Waals surface area contributed by atoms with E-state index in [4.69, 9.17) is 9.84 Å². The van der Waals surface area contributed by atoms with E-state index in [-0.39, 0.29) is 17.1 Å². The molecule has 0 aliphatic carbocycles. The SMILES string of the molecule is COc1ccc(C2C(C(=O)c3ccccc3)C(c3c(-c4ccccc4)c4cc(Br)ccc4[nH]c3=O)=NN2C(=O)c2ccccc2)cc1. The number of carbonyl (C=O) groups is 2. The summed E-state index contributed by atoms with van der Waals surface area (Å²) >= 11 is 3.60. The largest absolute Gasteiger partial charge is 0.497 e. The van der Waals surface area contributed by atoms with Gasteiger partial charge < -0.3 is 9.72 Å². The van der Waals surface area contributed by atoms with E-state index >= 15 is 0 Å². The highest BCUT2D eigenvalue weighted by atomic mass is 79.9. The Bertz CT molecular complexity index is 2200. The van der Waals surface area contributed by atoms with Gasteiger partial charge in [0.05, 0.1) is 30.3 Å². The number of carbonyl (C=O) groups excluding carboxylic acids is 2. The van der Waals surface area contributed by atoms with Crippen LogP contribution in [0.15, 0.2) is 148 Å². The van der Waals surface area contributed by atoms with Crippen molar-refractivity contribution < 1.29 is 14.3 Å². The van der Waals surface area contributed by atoms with E-state index in [0.29, 0.717) is 33.5 Å². The van der Waals surface area contributed by atoms with E-state index in [1.54, 1.807) is 67.8 Å². The molecule has 7 rings (SSSR count). The number of hydrogen-bond donors (Lipinski definition) is 1. The maximum Gasteiger partial charge on any atom is 0.274 e. The van der Waals surface area contributed by atoms with Gasteiger partial charge in [0.1, 0.15) is 5.75 Å². The Balaban J connectivity index is 1.55. The summed E-state index contributed by atoms with van der Waals surface area (Å²) in [5.74, 6) is -1.05. The highest BCUT2D eigenvalue weighted by Crippen LogP contribution is 2.43. The first-order valence-corrected chi connectivity index (χ1v) is 15.9. The maximum atomic E-state index is 14.8. The molecule has 1 aliphatic heterocycles. The molecule has 1 amide bonds. The van der Waals surface area contributed by atoms with Gasteiger partial charge in [0.2, 0.25) is 0 Å². The van der Waals surface area contributed by atoms with Crippen molar-refractivity contribution in [3.63, 3.8) is 0 Å². The van der Waals surface area contributed by atoms with Crippen LogP contribution in [0.25, 0.3) is 22.0 Å². The Kier molecular flexibility index (Phi) is 8.10. The molecule has 8 heteroatoms. The van der Waals surface area contributed by atoms with Crippen molar-refractivity contribution in [2.75, 3.05) is 7.11 Å². The number of halogens is 1. The molecule has 7 nitrogen and oxygen atoms in total. The zero-order valence-electron chi connectivity index (χ0n) is 25.3. The van der Waals surface area contributed by atoms with Gasteiger partial charge in [0.15, 0.2) is 5.78 Å². The molecule has 1 N–H and O–H groups in total. The molecule has 47 heavy (non-hydrogen) atoms. The Morgan fingerprint density at radius 1 is 0.766 bits per heavy atom. The molecule has 5 aromatic carbocycles. The third-order valence-corrected chi connectivity index (χ3v) is 8.90. The lowest BCUT2D eigenvalue weighted by molar-refractivity contribution is 0.0666. The van der Waals surface area contributed by atoms with Crippen LogP contribution in [-0.2, 0) is 0 Å². The number of nitrogens with one attached hydrogen (secondary N) is 1. The Labute approximate surface area is 279 Å². The monoisotopic (exact) mass is 681 g/mol. The number of methoxy groups -OCH3 is 1. The number of Topliss-reactive ketones (excluding diaryl/α,β-unsaturated/α-hetero) is 1. The van der Waals surface area contributed by atoms with Gasteiger partial charge in [-0.1, -0.05) is 107 Å². The highest BCUT2D eigenvalue weighted by molar-refractivity contribution is 9.10. The zero-order valence-corrected chi connectivity index (χ0v) is 26.8. The second kappa shape index (κ2) is 12.7. The minimum absolute atomic E-state index is 0.214. The fraction of sp³-hybridized carbons (Fsp3) is 0.0769. The summed E-state index contributed by atoms with van der Waals surface area (Å²) in [6, 6.07) is 39.3. The molecule has 0 fully saturated rings. The lowest BCUT2D eigenvalue weighted by atomic mass is 9.80. The van der Waals surface area contributed by atoms with Crippen LogP contribution in [0.2, 0.25) is 0 Å². The summed E-state index contributed by atoms with van der Waals surface area (Å²) in [4.78, 5) is 46.4. The van der Waals surface area contributed by atoms with E-state index < -0.39 is 23.4 Å². The standard InChI is InChI=1S/C39H28BrN3O4/c1-47-29-20-17-25(18-21-29)36-34(37(44)26-13-7-3-8-14-26)35(42-43(36)39(46)27-15-9-4-10-16-27)33-32(24-11-5-2-6-12-24)30-23-28(40)19-22-31(30)41-38(33)45/h2-23,34,36H,1H3,(H,41,45). The van der Waals surface area contributed by atoms with Crippen molar-refractivity contribution in [3.05, 3.63) is 171 Å². The molecular formula is C39H28BrN3O4. The second-order valence-corrected chi connectivity index (χ2v) is 12.1. The van der Waals surface area contributed by atoms with E-state index in [1.807, 2.05) is 72.8 Å². The molecule has 2 heterocycles. The number of ether oxygens (including phenoxy) is 1. The van der Waals surface area contributed by atoms with Crippen molar-refractivity contribution in [2.45, 2.75) is 6.04 Å². The third kappa shape index (κ3) is 5.57. The van der Waals surface area contributed by atoms with E-state index in [9.17, 15) is 14.4 Å². The predicted molar refractivity (Wildman–Crippen MR) is 187 cm³/mol. The van der Waals surface area contributed by atoms with Gasteiger partial charge in [-0.2, -0.15) is 5.10 Å². The zero-order chi connectivity index (χ0) is 32.5. The van der Waals surface area contributed by atoms with Crippen LogP contribution in [0.4, 0.5) is 0 Å². The number of rotatable bonds is 7. The molecule has 1 aliphatic rings. The molecule has 1 aromatic heterocycles. The smallest absolute Gasteiger partial charge is 0.274 e. The van der Waals surface area contributed by atoms with Crippen LogP contribution in [0.3, 0.4) is 0 Å². The normalized spacial score (nSPS) is 15.8. The Hall–Kier alpha value is -5.60. The molecule has 6 aromatic rings. The average Bonchev–Trinajstić information content (AvgIpc) is 3.51. The van der Waals surface area contributed by atoms with Gasteiger partial charge in [0, 0.05) is 32.1 Å². The molecule has 0 radical (unpaired) electrons. The van der Waals surface area contributed by atoms with Crippen molar-refractivity contribution in [1.82, 2.24) is 9.99 Å². The quantitative estimate of drug-likeness (QED) is 0.173. The average molecular weight is 683 g/mol. The summed E-state index contributed by atoms with van der Waals surface area (Å²) in [6.07, 6.45) is 0. The summed E-state index contributed by atoms with van der Waals surface area (Å²) in [7, 11) is 1.58. The third-order valence-electron chi connectivity index (χ3n) is 8.41. The van der Waals surface area contributed by atoms with Crippen molar-refractivity contribution in [3.8, 4) is 16.9 Å². The number of hydrazone groups is 1. The summed E-state index contributed by atoms with van der Waals surface area (Å²) in [5.41, 5.74) is 3.59. The van der Waals surface area contributed by atoms with Crippen LogP contribution < -0.4 is 10.3 Å². The van der Waals surface area contributed by atoms with Crippen LogP contribution in [0.5, 0.6) is 5.75 Å². The number of H-pyrrole nitrogens is 1. The fourth-order valence-electron chi connectivity index (χ4n) is 6.22. The number of nitrogens with zero attached hydrogens (tertiary/aromatic N) is 2. The van der Waals surface area contributed by atoms with E-state index in [1.165, 1.54) is 5.01 Å². The molecular weight excluding hydrogens is 654 g/mol. The first-order valence-electron chi connectivity index (χ1n) is 15.1. The first-order chi connectivity index (χ1) is 22.9. The number of amides is 1. The van der Waals surface area contributed by atoms with Gasteiger partial charge in [-0.25, -0.2) is 5.01 Å². The molecule has 2 atom stereocenters. The lowest BCUT2D eigenvalue weighted by Crippen LogP contribution is -2.36. The second-order valence-electron chi connectivity index (χ2n) is 11.2. The highest BCUT2D eigenvalue weighted by Gasteiger charge is 2.47. The van der Waals surface area contributed by atoms with Gasteiger partial charge in [-0.05, 0) is 53.6 Å².